The van der Waals surface area contributed by atoms with Crippen molar-refractivity contribution < 1.29 is 9.53 Å². The highest BCUT2D eigenvalue weighted by atomic mass is 35.5. The molecule has 1 unspecified atom stereocenters. The third-order valence-electron chi connectivity index (χ3n) is 3.83. The Morgan fingerprint density at radius 3 is 2.69 bits per heavy atom. The van der Waals surface area contributed by atoms with E-state index in [9.17, 15) is 4.79 Å². The SMILES string of the molecule is CCCOc1nc(-c2cccc(Cl)c2)n(C(=O)CC(C)CC(C)(C)C)n1. The molecule has 0 aliphatic heterocycles. The van der Waals surface area contributed by atoms with Crippen molar-refractivity contribution in [1.82, 2.24) is 14.8 Å². The molecule has 6 heteroatoms. The van der Waals surface area contributed by atoms with Crippen molar-refractivity contribution in [1.29, 1.82) is 0 Å². The maximum atomic E-state index is 12.9. The lowest BCUT2D eigenvalue weighted by Crippen LogP contribution is -2.20. The van der Waals surface area contributed by atoms with Gasteiger partial charge in [-0.3, -0.25) is 4.79 Å². The highest BCUT2D eigenvalue weighted by Crippen LogP contribution is 2.28. The Labute approximate surface area is 160 Å². The minimum absolute atomic E-state index is 0.0874. The Bertz CT molecular complexity index is 750. The summed E-state index contributed by atoms with van der Waals surface area (Å²) in [5.74, 6) is 0.626. The van der Waals surface area contributed by atoms with E-state index in [-0.39, 0.29) is 23.3 Å². The van der Waals surface area contributed by atoms with E-state index in [0.29, 0.717) is 23.9 Å². The van der Waals surface area contributed by atoms with Crippen molar-refractivity contribution in [2.75, 3.05) is 6.61 Å². The Morgan fingerprint density at radius 2 is 2.08 bits per heavy atom. The fourth-order valence-electron chi connectivity index (χ4n) is 3.04. The Kier molecular flexibility index (Phi) is 6.81. The molecule has 0 saturated heterocycles. The molecule has 1 aromatic carbocycles. The fraction of sp³-hybridized carbons (Fsp3) is 0.550. The van der Waals surface area contributed by atoms with Crippen LogP contribution in [0.2, 0.25) is 5.02 Å². The topological polar surface area (TPSA) is 57.0 Å². The Hall–Kier alpha value is -1.88. The summed E-state index contributed by atoms with van der Waals surface area (Å²) in [5, 5.41) is 4.88. The number of nitrogens with zero attached hydrogens (tertiary/aromatic N) is 3. The average molecular weight is 378 g/mol. The zero-order chi connectivity index (χ0) is 19.3. The van der Waals surface area contributed by atoms with E-state index in [2.05, 4.69) is 37.8 Å². The van der Waals surface area contributed by atoms with Crippen LogP contribution in [0.15, 0.2) is 24.3 Å². The molecule has 0 saturated carbocycles. The lowest BCUT2D eigenvalue weighted by atomic mass is 9.84. The number of halogens is 1. The van der Waals surface area contributed by atoms with Crippen LogP contribution in [-0.4, -0.2) is 27.3 Å². The Morgan fingerprint density at radius 1 is 1.35 bits per heavy atom. The quantitative estimate of drug-likeness (QED) is 0.640. The molecule has 0 fully saturated rings. The lowest BCUT2D eigenvalue weighted by Gasteiger charge is -2.22. The molecule has 1 heterocycles. The minimum Gasteiger partial charge on any atom is -0.462 e. The van der Waals surface area contributed by atoms with Crippen molar-refractivity contribution in [3.63, 3.8) is 0 Å². The molecule has 26 heavy (non-hydrogen) atoms. The van der Waals surface area contributed by atoms with Gasteiger partial charge in [-0.25, -0.2) is 0 Å². The van der Waals surface area contributed by atoms with Gasteiger partial charge >= 0.3 is 6.01 Å². The third kappa shape index (κ3) is 5.84. The highest BCUT2D eigenvalue weighted by Gasteiger charge is 2.23. The summed E-state index contributed by atoms with van der Waals surface area (Å²) >= 11 is 6.10. The normalized spacial score (nSPS) is 12.8. The Balaban J connectivity index is 2.30. The van der Waals surface area contributed by atoms with Gasteiger partial charge in [-0.05, 0) is 36.3 Å². The van der Waals surface area contributed by atoms with E-state index in [1.165, 1.54) is 4.68 Å². The van der Waals surface area contributed by atoms with E-state index in [4.69, 9.17) is 16.3 Å². The molecule has 2 aromatic rings. The van der Waals surface area contributed by atoms with Crippen LogP contribution in [0.3, 0.4) is 0 Å². The van der Waals surface area contributed by atoms with Crippen molar-refractivity contribution >= 4 is 17.5 Å². The molecule has 0 spiro atoms. The van der Waals surface area contributed by atoms with E-state index in [1.54, 1.807) is 12.1 Å². The van der Waals surface area contributed by atoms with Gasteiger partial charge in [0.05, 0.1) is 6.61 Å². The van der Waals surface area contributed by atoms with Crippen molar-refractivity contribution in [3.8, 4) is 17.4 Å². The van der Waals surface area contributed by atoms with E-state index < -0.39 is 0 Å². The largest absolute Gasteiger partial charge is 0.462 e. The second-order valence-electron chi connectivity index (χ2n) is 7.96. The maximum absolute atomic E-state index is 12.9. The van der Waals surface area contributed by atoms with Gasteiger partial charge in [-0.15, -0.1) is 5.10 Å². The van der Waals surface area contributed by atoms with Crippen LogP contribution >= 0.6 is 11.6 Å². The smallest absolute Gasteiger partial charge is 0.336 e. The molecule has 142 valence electrons. The minimum atomic E-state index is -0.0874. The molecule has 0 radical (unpaired) electrons. The molecule has 0 aliphatic carbocycles. The summed E-state index contributed by atoms with van der Waals surface area (Å²) in [6, 6.07) is 7.47. The van der Waals surface area contributed by atoms with Crippen LogP contribution in [0.25, 0.3) is 11.4 Å². The summed E-state index contributed by atoms with van der Waals surface area (Å²) in [6.45, 7) is 11.1. The molecule has 1 atom stereocenters. The summed E-state index contributed by atoms with van der Waals surface area (Å²) in [5.41, 5.74) is 0.918. The molecule has 0 aliphatic rings. The first kappa shape index (κ1) is 20.4. The number of aromatic nitrogens is 3. The molecule has 1 aromatic heterocycles. The van der Waals surface area contributed by atoms with Crippen LogP contribution in [0.5, 0.6) is 6.01 Å². The second-order valence-corrected chi connectivity index (χ2v) is 8.39. The molecule has 0 bridgehead atoms. The summed E-state index contributed by atoms with van der Waals surface area (Å²) in [4.78, 5) is 17.3. The predicted molar refractivity (Wildman–Crippen MR) is 105 cm³/mol. The van der Waals surface area contributed by atoms with Gasteiger partial charge in [0.2, 0.25) is 5.91 Å². The fourth-order valence-corrected chi connectivity index (χ4v) is 3.23. The first-order valence-electron chi connectivity index (χ1n) is 9.08. The van der Waals surface area contributed by atoms with Crippen LogP contribution in [-0.2, 0) is 0 Å². The van der Waals surface area contributed by atoms with E-state index >= 15 is 0 Å². The van der Waals surface area contributed by atoms with E-state index in [0.717, 1.165) is 18.4 Å². The molecule has 5 nitrogen and oxygen atoms in total. The summed E-state index contributed by atoms with van der Waals surface area (Å²) < 4.78 is 6.89. The number of benzene rings is 1. The molecular weight excluding hydrogens is 350 g/mol. The van der Waals surface area contributed by atoms with Crippen molar-refractivity contribution in [2.45, 2.75) is 53.9 Å². The molecule has 2 rings (SSSR count). The lowest BCUT2D eigenvalue weighted by molar-refractivity contribution is 0.0856. The van der Waals surface area contributed by atoms with Crippen LogP contribution in [0.4, 0.5) is 0 Å². The van der Waals surface area contributed by atoms with Gasteiger partial charge in [0, 0.05) is 17.0 Å². The zero-order valence-electron chi connectivity index (χ0n) is 16.3. The third-order valence-corrected chi connectivity index (χ3v) is 4.06. The highest BCUT2D eigenvalue weighted by molar-refractivity contribution is 6.30. The second kappa shape index (κ2) is 8.67. The van der Waals surface area contributed by atoms with Gasteiger partial charge in [-0.2, -0.15) is 9.67 Å². The van der Waals surface area contributed by atoms with Crippen LogP contribution < -0.4 is 4.74 Å². The number of carbonyl (C=O) groups is 1. The number of hydrogen-bond acceptors (Lipinski definition) is 4. The van der Waals surface area contributed by atoms with E-state index in [1.807, 2.05) is 19.1 Å². The number of hydrogen-bond donors (Lipinski definition) is 0. The summed E-state index contributed by atoms with van der Waals surface area (Å²) in [6.07, 6.45) is 2.21. The number of carbonyl (C=O) groups excluding carboxylic acids is 1. The number of rotatable bonds is 7. The average Bonchev–Trinajstić information content (AvgIpc) is 2.95. The standard InChI is InChI=1S/C20H28ClN3O2/c1-6-10-26-19-22-18(15-8-7-9-16(21)12-15)24(23-19)17(25)11-14(2)13-20(3,4)5/h7-9,12,14H,6,10-11,13H2,1-5H3. The molecule has 0 amide bonds. The predicted octanol–water partition coefficient (Wildman–Crippen LogP) is 5.49. The summed E-state index contributed by atoms with van der Waals surface area (Å²) in [7, 11) is 0. The monoisotopic (exact) mass is 377 g/mol. The first-order valence-corrected chi connectivity index (χ1v) is 9.46. The molecule has 0 N–H and O–H groups in total. The van der Waals surface area contributed by atoms with Gasteiger partial charge in [-0.1, -0.05) is 58.4 Å². The van der Waals surface area contributed by atoms with Crippen LogP contribution in [0.1, 0.15) is 58.7 Å². The van der Waals surface area contributed by atoms with Gasteiger partial charge in [0.1, 0.15) is 0 Å². The number of ether oxygens (including phenoxy) is 1. The van der Waals surface area contributed by atoms with Gasteiger partial charge in [0.25, 0.3) is 0 Å². The molecular formula is C20H28ClN3O2. The van der Waals surface area contributed by atoms with Gasteiger partial charge in [0.15, 0.2) is 5.82 Å². The maximum Gasteiger partial charge on any atom is 0.336 e. The first-order chi connectivity index (χ1) is 12.2. The van der Waals surface area contributed by atoms with Crippen molar-refractivity contribution in [3.05, 3.63) is 29.3 Å². The van der Waals surface area contributed by atoms with Crippen molar-refractivity contribution in [2.24, 2.45) is 11.3 Å². The van der Waals surface area contributed by atoms with Gasteiger partial charge < -0.3 is 4.74 Å². The van der Waals surface area contributed by atoms with Crippen LogP contribution in [0, 0.1) is 11.3 Å². The zero-order valence-corrected chi connectivity index (χ0v) is 17.0.